The number of carbonyl (C=O) groups is 2. The zero-order chi connectivity index (χ0) is 28.0. The molecule has 1 atom stereocenters. The Labute approximate surface area is 222 Å². The maximum atomic E-state index is 13.0. The molecule has 0 bridgehead atoms. The van der Waals surface area contributed by atoms with Gasteiger partial charge >= 0.3 is 5.97 Å². The first-order chi connectivity index (χ1) is 18.6. The fourth-order valence-corrected chi connectivity index (χ4v) is 5.18. The molecule has 13 heteroatoms. The summed E-state index contributed by atoms with van der Waals surface area (Å²) in [5.41, 5.74) is 1.04. The van der Waals surface area contributed by atoms with Crippen molar-refractivity contribution in [2.45, 2.75) is 30.2 Å². The lowest BCUT2D eigenvalue weighted by molar-refractivity contribution is -0.384. The number of aliphatic carboxylic acids is 1. The van der Waals surface area contributed by atoms with Crippen molar-refractivity contribution < 1.29 is 37.2 Å². The number of nitro groups is 1. The second kappa shape index (κ2) is 11.9. The maximum absolute atomic E-state index is 13.0. The maximum Gasteiger partial charge on any atom is 0.321 e. The number of para-hydroxylation sites is 1. The highest BCUT2D eigenvalue weighted by molar-refractivity contribution is 7.89. The van der Waals surface area contributed by atoms with Gasteiger partial charge in [-0.05, 0) is 55.7 Å². The van der Waals surface area contributed by atoms with Gasteiger partial charge in [0.15, 0.2) is 6.61 Å². The van der Waals surface area contributed by atoms with Crippen molar-refractivity contribution in [3.63, 3.8) is 0 Å². The van der Waals surface area contributed by atoms with Gasteiger partial charge in [-0.3, -0.25) is 19.7 Å². The fraction of sp³-hybridized carbons (Fsp3) is 0.231. The first-order valence-corrected chi connectivity index (χ1v) is 13.4. The van der Waals surface area contributed by atoms with Gasteiger partial charge in [0.2, 0.25) is 10.0 Å². The van der Waals surface area contributed by atoms with Crippen molar-refractivity contribution in [3.8, 4) is 5.75 Å². The van der Waals surface area contributed by atoms with Crippen LogP contribution in [0.1, 0.15) is 19.3 Å². The van der Waals surface area contributed by atoms with Crippen LogP contribution in [-0.4, -0.2) is 49.5 Å². The van der Waals surface area contributed by atoms with E-state index >= 15 is 0 Å². The van der Waals surface area contributed by atoms with Crippen LogP contribution in [0.15, 0.2) is 76.0 Å². The second-order valence-electron chi connectivity index (χ2n) is 8.65. The number of nitrogens with zero attached hydrogens (tertiary/aromatic N) is 1. The predicted molar refractivity (Wildman–Crippen MR) is 141 cm³/mol. The van der Waals surface area contributed by atoms with E-state index in [1.165, 1.54) is 42.5 Å². The first kappa shape index (κ1) is 27.5. The molecule has 1 unspecified atom stereocenters. The Morgan fingerprint density at radius 2 is 1.72 bits per heavy atom. The Morgan fingerprint density at radius 1 is 1.00 bits per heavy atom. The summed E-state index contributed by atoms with van der Waals surface area (Å²) in [6.45, 7) is -0.0720. The number of fused-ring (bicyclic) bond motifs is 3. The van der Waals surface area contributed by atoms with Crippen LogP contribution in [0.3, 0.4) is 0 Å². The van der Waals surface area contributed by atoms with E-state index in [0.717, 1.165) is 5.39 Å². The van der Waals surface area contributed by atoms with Gasteiger partial charge in [-0.1, -0.05) is 18.2 Å². The van der Waals surface area contributed by atoms with Crippen LogP contribution in [0.5, 0.6) is 5.75 Å². The molecule has 4 rings (SSSR count). The molecule has 39 heavy (non-hydrogen) atoms. The van der Waals surface area contributed by atoms with Crippen LogP contribution >= 0.6 is 0 Å². The van der Waals surface area contributed by atoms with Crippen LogP contribution in [0.2, 0.25) is 0 Å². The molecule has 0 aliphatic carbocycles. The number of unbranched alkanes of at least 4 members (excludes halogenated alkanes) is 1. The summed E-state index contributed by atoms with van der Waals surface area (Å²) in [6.07, 6.45) is 0.747. The molecule has 0 aliphatic rings. The molecule has 3 aromatic carbocycles. The third-order valence-corrected chi connectivity index (χ3v) is 7.38. The van der Waals surface area contributed by atoms with E-state index in [2.05, 4.69) is 10.0 Å². The fourth-order valence-electron chi connectivity index (χ4n) is 3.93. The average Bonchev–Trinajstić information content (AvgIpc) is 3.29. The number of carboxylic acid groups (broad SMARTS) is 1. The van der Waals surface area contributed by atoms with E-state index in [1.54, 1.807) is 6.07 Å². The number of nitrogens with one attached hydrogen (secondary N) is 2. The monoisotopic (exact) mass is 555 g/mol. The number of non-ortho nitro benzene ring substituents is 1. The number of hydrogen-bond donors (Lipinski definition) is 3. The molecule has 0 aliphatic heterocycles. The molecule has 0 spiro atoms. The van der Waals surface area contributed by atoms with E-state index in [0.29, 0.717) is 35.1 Å². The molecule has 0 saturated carbocycles. The van der Waals surface area contributed by atoms with Crippen LogP contribution in [0, 0.1) is 10.1 Å². The molecule has 1 aromatic heterocycles. The van der Waals surface area contributed by atoms with Crippen LogP contribution in [0.4, 0.5) is 5.69 Å². The van der Waals surface area contributed by atoms with Crippen molar-refractivity contribution in [3.05, 3.63) is 76.8 Å². The minimum absolute atomic E-state index is 0.0145. The smallest absolute Gasteiger partial charge is 0.321 e. The third-order valence-electron chi connectivity index (χ3n) is 5.91. The molecule has 3 N–H and O–H groups in total. The Balaban J connectivity index is 1.25. The molecule has 0 saturated heterocycles. The summed E-state index contributed by atoms with van der Waals surface area (Å²) >= 11 is 0. The van der Waals surface area contributed by atoms with E-state index < -0.39 is 32.9 Å². The number of hydrogen-bond acceptors (Lipinski definition) is 8. The third kappa shape index (κ3) is 6.89. The topological polar surface area (TPSA) is 178 Å². The lowest BCUT2D eigenvalue weighted by atomic mass is 10.1. The zero-order valence-corrected chi connectivity index (χ0v) is 21.3. The largest absolute Gasteiger partial charge is 0.484 e. The number of carbonyl (C=O) groups excluding carboxylic acids is 1. The first-order valence-electron chi connectivity index (χ1n) is 11.9. The van der Waals surface area contributed by atoms with Gasteiger partial charge in [-0.2, -0.15) is 4.72 Å². The molecule has 204 valence electrons. The Bertz CT molecular complexity index is 1620. The zero-order valence-electron chi connectivity index (χ0n) is 20.5. The molecular weight excluding hydrogens is 530 g/mol. The number of furan rings is 1. The standard InChI is InChI=1S/C26H25N3O9S/c30-25(16-37-18-10-8-17(9-11-18)29(33)34)27-14-4-3-6-22(26(31)32)28-39(35,36)19-12-13-24-21(15-19)20-5-1-2-7-23(20)38-24/h1-2,5,7-13,15,22,28H,3-4,6,14,16H2,(H,27,30)(H,31,32). The summed E-state index contributed by atoms with van der Waals surface area (Å²) in [4.78, 5) is 33.7. The van der Waals surface area contributed by atoms with Gasteiger partial charge in [0.25, 0.3) is 11.6 Å². The van der Waals surface area contributed by atoms with Crippen molar-refractivity contribution in [1.29, 1.82) is 0 Å². The Hall–Kier alpha value is -4.49. The lowest BCUT2D eigenvalue weighted by Gasteiger charge is -2.15. The van der Waals surface area contributed by atoms with Crippen molar-refractivity contribution in [2.75, 3.05) is 13.2 Å². The number of rotatable bonds is 13. The van der Waals surface area contributed by atoms with Gasteiger partial charge < -0.3 is 19.6 Å². The molecule has 12 nitrogen and oxygen atoms in total. The number of benzene rings is 3. The summed E-state index contributed by atoms with van der Waals surface area (Å²) < 4.78 is 39.2. The number of sulfonamides is 1. The van der Waals surface area contributed by atoms with Crippen LogP contribution in [-0.2, 0) is 19.6 Å². The summed E-state index contributed by atoms with van der Waals surface area (Å²) in [7, 11) is -4.14. The second-order valence-corrected chi connectivity index (χ2v) is 10.4. The molecular formula is C26H25N3O9S. The molecule has 4 aromatic rings. The summed E-state index contributed by atoms with van der Waals surface area (Å²) in [6, 6.07) is 15.5. The van der Waals surface area contributed by atoms with Crippen molar-refractivity contribution in [1.82, 2.24) is 10.0 Å². The van der Waals surface area contributed by atoms with Gasteiger partial charge in [0, 0.05) is 29.4 Å². The van der Waals surface area contributed by atoms with Crippen molar-refractivity contribution >= 4 is 49.5 Å². The number of nitro benzene ring substituents is 1. The highest BCUT2D eigenvalue weighted by Gasteiger charge is 2.25. The molecule has 1 heterocycles. The van der Waals surface area contributed by atoms with Crippen LogP contribution in [0.25, 0.3) is 21.9 Å². The SMILES string of the molecule is O=C(COc1ccc([N+](=O)[O-])cc1)NCCCCC(NS(=O)(=O)c1ccc2oc3ccccc3c2c1)C(=O)O. The summed E-state index contributed by atoms with van der Waals surface area (Å²) in [5.74, 6) is -1.44. The van der Waals surface area contributed by atoms with E-state index in [-0.39, 0.29) is 30.2 Å². The summed E-state index contributed by atoms with van der Waals surface area (Å²) in [5, 5.41) is 24.2. The normalized spacial score (nSPS) is 12.3. The molecule has 0 radical (unpaired) electrons. The highest BCUT2D eigenvalue weighted by Crippen LogP contribution is 2.30. The van der Waals surface area contributed by atoms with Gasteiger partial charge in [-0.25, -0.2) is 8.42 Å². The Morgan fingerprint density at radius 3 is 2.44 bits per heavy atom. The lowest BCUT2D eigenvalue weighted by Crippen LogP contribution is -2.40. The van der Waals surface area contributed by atoms with Crippen molar-refractivity contribution in [2.24, 2.45) is 0 Å². The van der Waals surface area contributed by atoms with Gasteiger partial charge in [-0.15, -0.1) is 0 Å². The Kier molecular flexibility index (Phi) is 8.42. The van der Waals surface area contributed by atoms with E-state index in [4.69, 9.17) is 9.15 Å². The quantitative estimate of drug-likeness (QED) is 0.126. The number of ether oxygens (including phenoxy) is 1. The molecule has 1 amide bonds. The van der Waals surface area contributed by atoms with E-state index in [9.17, 15) is 33.2 Å². The van der Waals surface area contributed by atoms with Crippen LogP contribution < -0.4 is 14.8 Å². The number of amides is 1. The molecule has 0 fully saturated rings. The minimum Gasteiger partial charge on any atom is -0.484 e. The van der Waals surface area contributed by atoms with Gasteiger partial charge in [0.05, 0.1) is 9.82 Å². The van der Waals surface area contributed by atoms with E-state index in [1.807, 2.05) is 18.2 Å². The average molecular weight is 556 g/mol. The minimum atomic E-state index is -4.14. The number of carboxylic acids is 1. The highest BCUT2D eigenvalue weighted by atomic mass is 32.2. The van der Waals surface area contributed by atoms with Gasteiger partial charge in [0.1, 0.15) is 23.0 Å². The predicted octanol–water partition coefficient (Wildman–Crippen LogP) is 3.59.